The van der Waals surface area contributed by atoms with E-state index in [2.05, 4.69) is 203 Å². The van der Waals surface area contributed by atoms with Crippen LogP contribution in [0.4, 0.5) is 0 Å². The second-order valence-corrected chi connectivity index (χ2v) is 18.4. The van der Waals surface area contributed by atoms with E-state index < -0.39 is 6.10 Å². The van der Waals surface area contributed by atoms with Crippen LogP contribution < -0.4 is 0 Å². The zero-order chi connectivity index (χ0) is 54.3. The van der Waals surface area contributed by atoms with Crippen LogP contribution >= 0.6 is 0 Å². The van der Waals surface area contributed by atoms with Gasteiger partial charge in [-0.1, -0.05) is 222 Å². The zero-order valence-corrected chi connectivity index (χ0v) is 47.5. The number of carbonyl (C=O) groups is 3. The molecule has 1 atom stereocenters. The van der Waals surface area contributed by atoms with Crippen molar-refractivity contribution in [1.29, 1.82) is 0 Å². The van der Waals surface area contributed by atoms with Gasteiger partial charge in [0.1, 0.15) is 13.2 Å². The summed E-state index contributed by atoms with van der Waals surface area (Å²) in [5.74, 6) is -1.04. The summed E-state index contributed by atoms with van der Waals surface area (Å²) in [5.41, 5.74) is 0. The first kappa shape index (κ1) is 69.5. The molecule has 0 spiro atoms. The molecule has 0 N–H and O–H groups in total. The molecule has 0 heterocycles. The fraction of sp³-hybridized carbons (Fsp3) is 0.522. The lowest BCUT2D eigenvalue weighted by Crippen LogP contribution is -2.30. The van der Waals surface area contributed by atoms with Crippen LogP contribution in [-0.2, 0) is 28.6 Å². The fourth-order valence-corrected chi connectivity index (χ4v) is 7.11. The molecule has 0 aliphatic rings. The van der Waals surface area contributed by atoms with E-state index in [1.54, 1.807) is 0 Å². The second-order valence-electron chi connectivity index (χ2n) is 18.4. The van der Waals surface area contributed by atoms with E-state index in [0.717, 1.165) is 167 Å². The van der Waals surface area contributed by atoms with E-state index in [4.69, 9.17) is 14.2 Å². The SMILES string of the molecule is CC/C=C\C/C=C\C/C=C\C/C=C\C/C=C\C/C=C\C/C=C\C/C=C\CCCCCCC(=O)OCC(COC(=O)CCCCC/C=C\C/C=C\C/C=C\CC)OC(=O)CCCC/C=C\C/C=C\C/C=C\C/C=C\CC. The summed E-state index contributed by atoms with van der Waals surface area (Å²) in [6, 6.07) is 0. The lowest BCUT2D eigenvalue weighted by atomic mass is 10.1. The quantitative estimate of drug-likeness (QED) is 0.0261. The summed E-state index contributed by atoms with van der Waals surface area (Å²) >= 11 is 0. The summed E-state index contributed by atoms with van der Waals surface area (Å²) in [6.07, 6.45) is 91.8. The Bertz CT molecular complexity index is 1800. The van der Waals surface area contributed by atoms with Gasteiger partial charge < -0.3 is 14.2 Å². The topological polar surface area (TPSA) is 78.9 Å². The third-order valence-corrected chi connectivity index (χ3v) is 11.4. The summed E-state index contributed by atoms with van der Waals surface area (Å²) < 4.78 is 16.8. The van der Waals surface area contributed by atoms with Gasteiger partial charge >= 0.3 is 17.9 Å². The highest BCUT2D eigenvalue weighted by Crippen LogP contribution is 2.11. The summed E-state index contributed by atoms with van der Waals surface area (Å²) in [5, 5.41) is 0. The summed E-state index contributed by atoms with van der Waals surface area (Å²) in [6.45, 7) is 6.18. The van der Waals surface area contributed by atoms with Crippen LogP contribution in [0.15, 0.2) is 182 Å². The Morgan fingerprint density at radius 3 is 0.773 bits per heavy atom. The van der Waals surface area contributed by atoms with Crippen molar-refractivity contribution in [3.8, 4) is 0 Å². The molecule has 0 saturated heterocycles. The number of unbranched alkanes of at least 4 members (excludes halogenated alkanes) is 9. The van der Waals surface area contributed by atoms with Gasteiger partial charge in [0.25, 0.3) is 0 Å². The Kier molecular flexibility index (Phi) is 56.6. The molecule has 0 aromatic carbocycles. The molecule has 0 aromatic heterocycles. The molecule has 0 bridgehead atoms. The van der Waals surface area contributed by atoms with Gasteiger partial charge in [0.05, 0.1) is 0 Å². The van der Waals surface area contributed by atoms with Crippen LogP contribution in [0.5, 0.6) is 0 Å². The fourth-order valence-electron chi connectivity index (χ4n) is 7.11. The van der Waals surface area contributed by atoms with E-state index in [9.17, 15) is 14.4 Å². The molecule has 0 amide bonds. The average Bonchev–Trinajstić information content (AvgIpc) is 3.41. The van der Waals surface area contributed by atoms with E-state index in [-0.39, 0.29) is 37.5 Å². The van der Waals surface area contributed by atoms with Crippen LogP contribution in [0.3, 0.4) is 0 Å². The molecular formula is C69H104O6. The molecule has 6 heteroatoms. The number of ether oxygens (including phenoxy) is 3. The smallest absolute Gasteiger partial charge is 0.306 e. The third-order valence-electron chi connectivity index (χ3n) is 11.4. The van der Waals surface area contributed by atoms with Crippen molar-refractivity contribution >= 4 is 17.9 Å². The highest BCUT2D eigenvalue weighted by molar-refractivity contribution is 5.71. The van der Waals surface area contributed by atoms with Gasteiger partial charge in [0.15, 0.2) is 6.10 Å². The van der Waals surface area contributed by atoms with Crippen LogP contribution in [-0.4, -0.2) is 37.2 Å². The van der Waals surface area contributed by atoms with Crippen LogP contribution in [0, 0.1) is 0 Å². The normalized spacial score (nSPS) is 13.5. The van der Waals surface area contributed by atoms with E-state index >= 15 is 0 Å². The number of esters is 3. The first-order valence-electron chi connectivity index (χ1n) is 29.3. The van der Waals surface area contributed by atoms with Crippen molar-refractivity contribution in [2.24, 2.45) is 0 Å². The molecule has 1 unspecified atom stereocenters. The highest BCUT2D eigenvalue weighted by atomic mass is 16.6. The molecule has 0 rings (SSSR count). The molecule has 0 aliphatic carbocycles. The number of carbonyl (C=O) groups excluding carboxylic acids is 3. The van der Waals surface area contributed by atoms with Gasteiger partial charge in [0.2, 0.25) is 0 Å². The molecule has 0 aliphatic heterocycles. The van der Waals surface area contributed by atoms with Crippen LogP contribution in [0.25, 0.3) is 0 Å². The molecule has 0 saturated carbocycles. The zero-order valence-electron chi connectivity index (χ0n) is 47.5. The van der Waals surface area contributed by atoms with Crippen molar-refractivity contribution in [2.45, 2.75) is 219 Å². The Hall–Kier alpha value is -5.49. The Morgan fingerprint density at radius 1 is 0.267 bits per heavy atom. The summed E-state index contributed by atoms with van der Waals surface area (Å²) in [4.78, 5) is 38.1. The van der Waals surface area contributed by atoms with Crippen molar-refractivity contribution in [3.05, 3.63) is 182 Å². The van der Waals surface area contributed by atoms with Crippen LogP contribution in [0.1, 0.15) is 213 Å². The largest absolute Gasteiger partial charge is 0.462 e. The first-order valence-corrected chi connectivity index (χ1v) is 29.3. The van der Waals surface area contributed by atoms with Gasteiger partial charge in [-0.15, -0.1) is 0 Å². The first-order chi connectivity index (χ1) is 37.0. The van der Waals surface area contributed by atoms with Crippen molar-refractivity contribution in [3.63, 3.8) is 0 Å². The molecular weight excluding hydrogens is 925 g/mol. The number of hydrogen-bond donors (Lipinski definition) is 0. The molecule has 416 valence electrons. The third kappa shape index (κ3) is 59.3. The van der Waals surface area contributed by atoms with Gasteiger partial charge in [0, 0.05) is 19.3 Å². The van der Waals surface area contributed by atoms with Gasteiger partial charge in [-0.05, 0) is 154 Å². The number of allylic oxidation sites excluding steroid dienone is 30. The maximum atomic E-state index is 12.8. The lowest BCUT2D eigenvalue weighted by molar-refractivity contribution is -0.167. The maximum absolute atomic E-state index is 12.8. The monoisotopic (exact) mass is 1030 g/mol. The standard InChI is InChI=1S/C69H104O6/c1-4-7-10-13-16-19-22-25-27-28-29-30-31-32-33-34-35-36-37-38-39-40-42-44-47-50-53-56-59-62-68(71)74-65-66(64-73-67(70)61-58-55-52-49-46-43-24-21-18-15-12-9-6-3)75-69(72)63-60-57-54-51-48-45-41-26-23-20-17-14-11-8-5-2/h7-12,16-21,25-27,29-30,32-33,35-36,38-39,41-44,46,48,51,66H,4-6,13-15,22-24,28,31,34,37,40,45,47,49-50,52-65H2,1-3H3/b10-7-,11-8-,12-9-,19-16-,20-17-,21-18-,27-25-,30-29-,33-32-,36-35-,39-38-,41-26-,44-42-,46-43-,51-48-. The molecule has 0 fully saturated rings. The minimum absolute atomic E-state index is 0.128. The lowest BCUT2D eigenvalue weighted by Gasteiger charge is -2.18. The Morgan fingerprint density at radius 2 is 0.480 bits per heavy atom. The Balaban J connectivity index is 4.47. The van der Waals surface area contributed by atoms with Crippen molar-refractivity contribution in [2.75, 3.05) is 13.2 Å². The summed E-state index contributed by atoms with van der Waals surface area (Å²) in [7, 11) is 0. The van der Waals surface area contributed by atoms with E-state index in [0.29, 0.717) is 19.3 Å². The van der Waals surface area contributed by atoms with Crippen LogP contribution in [0.2, 0.25) is 0 Å². The molecule has 0 radical (unpaired) electrons. The average molecular weight is 1030 g/mol. The van der Waals surface area contributed by atoms with E-state index in [1.807, 2.05) is 0 Å². The predicted octanol–water partition coefficient (Wildman–Crippen LogP) is 20.1. The van der Waals surface area contributed by atoms with Gasteiger partial charge in [-0.25, -0.2) is 0 Å². The number of rotatable bonds is 50. The molecule has 6 nitrogen and oxygen atoms in total. The maximum Gasteiger partial charge on any atom is 0.306 e. The minimum atomic E-state index is -0.833. The molecule has 0 aromatic rings. The van der Waals surface area contributed by atoms with Gasteiger partial charge in [-0.3, -0.25) is 14.4 Å². The highest BCUT2D eigenvalue weighted by Gasteiger charge is 2.19. The Labute approximate surface area is 459 Å². The minimum Gasteiger partial charge on any atom is -0.462 e. The van der Waals surface area contributed by atoms with Gasteiger partial charge in [-0.2, -0.15) is 0 Å². The van der Waals surface area contributed by atoms with Crippen molar-refractivity contribution in [1.82, 2.24) is 0 Å². The van der Waals surface area contributed by atoms with E-state index in [1.165, 1.54) is 0 Å². The second kappa shape index (κ2) is 61.1. The predicted molar refractivity (Wildman–Crippen MR) is 324 cm³/mol. The number of hydrogen-bond acceptors (Lipinski definition) is 6. The van der Waals surface area contributed by atoms with Crippen molar-refractivity contribution < 1.29 is 28.6 Å². The molecule has 75 heavy (non-hydrogen) atoms.